The average molecular weight is 533 g/mol. The van der Waals surface area contributed by atoms with E-state index in [1.807, 2.05) is 32.2 Å². The quantitative estimate of drug-likeness (QED) is 0.273. The fraction of sp³-hybridized carbons (Fsp3) is 0.727. The molecule has 2 N–H and O–H groups in total. The molecule has 8 heteroatoms. The Morgan fingerprint density at radius 1 is 1.20 bits per heavy atom. The van der Waals surface area contributed by atoms with Crippen LogP contribution in [-0.2, 0) is 11.3 Å². The highest BCUT2D eigenvalue weighted by Crippen LogP contribution is 2.13. The molecule has 0 amide bonds. The van der Waals surface area contributed by atoms with Gasteiger partial charge in [0.05, 0.1) is 25.9 Å². The molecule has 0 aromatic carbocycles. The summed E-state index contributed by atoms with van der Waals surface area (Å²) in [5, 5.41) is 6.90. The molecule has 30 heavy (non-hydrogen) atoms. The number of halogens is 1. The number of pyridine rings is 1. The van der Waals surface area contributed by atoms with E-state index in [0.717, 1.165) is 57.3 Å². The monoisotopic (exact) mass is 533 g/mol. The minimum absolute atomic E-state index is 0. The lowest BCUT2D eigenvalue weighted by molar-refractivity contribution is 0.0132. The molecule has 1 aromatic rings. The van der Waals surface area contributed by atoms with Crippen LogP contribution in [0.4, 0.5) is 0 Å². The van der Waals surface area contributed by atoms with Gasteiger partial charge in [-0.15, -0.1) is 24.0 Å². The Morgan fingerprint density at radius 2 is 1.93 bits per heavy atom. The first-order chi connectivity index (χ1) is 14.0. The van der Waals surface area contributed by atoms with E-state index >= 15 is 0 Å². The zero-order valence-electron chi connectivity index (χ0n) is 19.2. The normalized spacial score (nSPS) is 16.3. The molecule has 2 heterocycles. The summed E-state index contributed by atoms with van der Waals surface area (Å²) in [4.78, 5) is 11.6. The lowest BCUT2D eigenvalue weighted by Gasteiger charge is -2.35. The maximum Gasteiger partial charge on any atom is 0.213 e. The molecule has 1 aliphatic heterocycles. The first-order valence-corrected chi connectivity index (χ1v) is 10.9. The molecule has 1 fully saturated rings. The van der Waals surface area contributed by atoms with E-state index in [1.54, 1.807) is 0 Å². The van der Waals surface area contributed by atoms with E-state index in [2.05, 4.69) is 41.3 Å². The van der Waals surface area contributed by atoms with E-state index in [9.17, 15) is 0 Å². The van der Waals surface area contributed by atoms with Crippen molar-refractivity contribution in [3.63, 3.8) is 0 Å². The van der Waals surface area contributed by atoms with Crippen molar-refractivity contribution in [3.05, 3.63) is 23.9 Å². The summed E-state index contributed by atoms with van der Waals surface area (Å²) in [6, 6.07) is 4.41. The van der Waals surface area contributed by atoms with E-state index in [1.165, 1.54) is 0 Å². The number of aromatic nitrogens is 1. The van der Waals surface area contributed by atoms with Gasteiger partial charge in [0, 0.05) is 44.5 Å². The van der Waals surface area contributed by atoms with E-state index in [0.29, 0.717) is 24.4 Å². The largest absolute Gasteiger partial charge is 0.475 e. The first-order valence-electron chi connectivity index (χ1n) is 10.9. The van der Waals surface area contributed by atoms with Crippen LogP contribution >= 0.6 is 24.0 Å². The predicted molar refractivity (Wildman–Crippen MR) is 134 cm³/mol. The molecule has 0 spiro atoms. The number of morpholine rings is 1. The van der Waals surface area contributed by atoms with Gasteiger partial charge in [0.15, 0.2) is 5.96 Å². The Balaban J connectivity index is 0.00000450. The number of nitrogens with zero attached hydrogens (tertiary/aromatic N) is 3. The third-order valence-corrected chi connectivity index (χ3v) is 4.73. The van der Waals surface area contributed by atoms with Crippen molar-refractivity contribution in [2.24, 2.45) is 10.9 Å². The van der Waals surface area contributed by atoms with Gasteiger partial charge in [-0.2, -0.15) is 0 Å². The number of guanidine groups is 1. The highest BCUT2D eigenvalue weighted by atomic mass is 127. The fourth-order valence-electron chi connectivity index (χ4n) is 3.39. The number of aliphatic imine (C=N–C) groups is 1. The van der Waals surface area contributed by atoms with Crippen LogP contribution in [-0.4, -0.2) is 67.4 Å². The molecule has 0 aliphatic carbocycles. The zero-order chi connectivity index (χ0) is 21.1. The van der Waals surface area contributed by atoms with E-state index < -0.39 is 0 Å². The topological polar surface area (TPSA) is 71.0 Å². The third kappa shape index (κ3) is 10.3. The van der Waals surface area contributed by atoms with Crippen molar-refractivity contribution in [3.8, 4) is 5.88 Å². The van der Waals surface area contributed by atoms with Crippen LogP contribution in [0.2, 0.25) is 0 Å². The molecule has 0 saturated carbocycles. The van der Waals surface area contributed by atoms with Gasteiger partial charge in [0.25, 0.3) is 0 Å². The average Bonchev–Trinajstić information content (AvgIpc) is 2.70. The molecule has 1 aliphatic rings. The van der Waals surface area contributed by atoms with Gasteiger partial charge in [0.1, 0.15) is 0 Å². The van der Waals surface area contributed by atoms with Crippen molar-refractivity contribution in [1.82, 2.24) is 20.5 Å². The highest BCUT2D eigenvalue weighted by molar-refractivity contribution is 14.0. The van der Waals surface area contributed by atoms with Crippen LogP contribution < -0.4 is 15.4 Å². The summed E-state index contributed by atoms with van der Waals surface area (Å²) in [6.45, 7) is 16.6. The lowest BCUT2D eigenvalue weighted by atomic mass is 10.0. The van der Waals surface area contributed by atoms with Gasteiger partial charge in [-0.1, -0.05) is 19.9 Å². The van der Waals surface area contributed by atoms with Crippen LogP contribution in [0.15, 0.2) is 23.3 Å². The minimum atomic E-state index is 0. The highest BCUT2D eigenvalue weighted by Gasteiger charge is 2.22. The van der Waals surface area contributed by atoms with Crippen LogP contribution in [0.1, 0.15) is 46.6 Å². The number of hydrogen-bond acceptors (Lipinski definition) is 5. The Bertz CT molecular complexity index is 604. The van der Waals surface area contributed by atoms with E-state index in [4.69, 9.17) is 14.5 Å². The van der Waals surface area contributed by atoms with Crippen molar-refractivity contribution >= 4 is 29.9 Å². The van der Waals surface area contributed by atoms with Gasteiger partial charge in [-0.05, 0) is 38.7 Å². The third-order valence-electron chi connectivity index (χ3n) is 4.73. The van der Waals surface area contributed by atoms with Crippen molar-refractivity contribution < 1.29 is 9.47 Å². The van der Waals surface area contributed by atoms with Crippen LogP contribution in [0.3, 0.4) is 0 Å². The SMILES string of the molecule is CCNC(=NCc1ccc(OC(C)C)nc1)NCC(CC(C)C)N1CCOCC1.I. The number of hydrogen-bond donors (Lipinski definition) is 2. The minimum Gasteiger partial charge on any atom is -0.475 e. The Hall–Kier alpha value is -1.13. The Kier molecular flexibility index (Phi) is 13.3. The van der Waals surface area contributed by atoms with Crippen LogP contribution in [0.5, 0.6) is 5.88 Å². The standard InChI is InChI=1S/C22H39N5O2.HI/c1-6-23-22(25-15-19-7-8-21(24-14-19)29-18(4)5)26-16-20(13-17(2)3)27-9-11-28-12-10-27;/h7-8,14,17-18,20H,6,9-13,15-16H2,1-5H3,(H2,23,25,26);1H. The fourth-order valence-corrected chi connectivity index (χ4v) is 3.39. The van der Waals surface area contributed by atoms with Gasteiger partial charge in [-0.3, -0.25) is 4.90 Å². The first kappa shape index (κ1) is 26.9. The molecule has 1 unspecified atom stereocenters. The van der Waals surface area contributed by atoms with Crippen molar-refractivity contribution in [2.75, 3.05) is 39.4 Å². The molecular weight excluding hydrogens is 493 g/mol. The molecule has 0 bridgehead atoms. The number of nitrogens with one attached hydrogen (secondary N) is 2. The molecular formula is C22H40IN5O2. The zero-order valence-corrected chi connectivity index (χ0v) is 21.5. The lowest BCUT2D eigenvalue weighted by Crippen LogP contribution is -2.51. The second-order valence-corrected chi connectivity index (χ2v) is 8.18. The summed E-state index contributed by atoms with van der Waals surface area (Å²) >= 11 is 0. The molecule has 0 radical (unpaired) electrons. The van der Waals surface area contributed by atoms with Gasteiger partial charge >= 0.3 is 0 Å². The summed E-state index contributed by atoms with van der Waals surface area (Å²) in [5.74, 6) is 2.15. The maximum absolute atomic E-state index is 5.60. The summed E-state index contributed by atoms with van der Waals surface area (Å²) in [5.41, 5.74) is 1.06. The maximum atomic E-state index is 5.60. The molecule has 172 valence electrons. The Labute approximate surface area is 199 Å². The Morgan fingerprint density at radius 3 is 2.50 bits per heavy atom. The molecule has 1 atom stereocenters. The molecule has 7 nitrogen and oxygen atoms in total. The van der Waals surface area contributed by atoms with Crippen LogP contribution in [0, 0.1) is 5.92 Å². The predicted octanol–water partition coefficient (Wildman–Crippen LogP) is 3.29. The number of ether oxygens (including phenoxy) is 2. The molecule has 1 aromatic heterocycles. The van der Waals surface area contributed by atoms with Gasteiger partial charge < -0.3 is 20.1 Å². The second-order valence-electron chi connectivity index (χ2n) is 8.18. The van der Waals surface area contributed by atoms with Gasteiger partial charge in [0.2, 0.25) is 5.88 Å². The second kappa shape index (κ2) is 14.8. The van der Waals surface area contributed by atoms with Gasteiger partial charge in [-0.25, -0.2) is 9.98 Å². The molecule has 1 saturated heterocycles. The van der Waals surface area contributed by atoms with Crippen LogP contribution in [0.25, 0.3) is 0 Å². The number of rotatable bonds is 10. The summed E-state index contributed by atoms with van der Waals surface area (Å²) in [7, 11) is 0. The summed E-state index contributed by atoms with van der Waals surface area (Å²) in [6.07, 6.45) is 3.12. The van der Waals surface area contributed by atoms with Crippen molar-refractivity contribution in [1.29, 1.82) is 0 Å². The summed E-state index contributed by atoms with van der Waals surface area (Å²) < 4.78 is 11.1. The molecule has 2 rings (SSSR count). The van der Waals surface area contributed by atoms with Crippen molar-refractivity contribution in [2.45, 2.75) is 59.7 Å². The smallest absolute Gasteiger partial charge is 0.213 e. The van der Waals surface area contributed by atoms with E-state index in [-0.39, 0.29) is 30.1 Å².